The number of hydrogen-bond donors (Lipinski definition) is 0. The number of sulfonamides is 1. The predicted octanol–water partition coefficient (Wildman–Crippen LogP) is 0.115. The summed E-state index contributed by atoms with van der Waals surface area (Å²) in [6.07, 6.45) is 1.28. The van der Waals surface area contributed by atoms with Crippen molar-refractivity contribution in [3.63, 3.8) is 0 Å². The highest BCUT2D eigenvalue weighted by Gasteiger charge is 2.29. The van der Waals surface area contributed by atoms with Crippen molar-refractivity contribution in [3.8, 4) is 6.07 Å². The standard InChI is InChI=1S/C10H16N2O4S/c1-16-10(13)4-6-17(14,15)12-5-2-3-9(7-11)8-12/h9H,2-6,8H2,1H3. The number of esters is 1. The molecular weight excluding hydrogens is 244 g/mol. The van der Waals surface area contributed by atoms with Gasteiger partial charge in [0.25, 0.3) is 0 Å². The molecule has 1 saturated heterocycles. The molecule has 1 aliphatic rings. The van der Waals surface area contributed by atoms with Gasteiger partial charge in [0.2, 0.25) is 10.0 Å². The van der Waals surface area contributed by atoms with E-state index in [4.69, 9.17) is 5.26 Å². The molecule has 0 radical (unpaired) electrons. The van der Waals surface area contributed by atoms with Crippen molar-refractivity contribution >= 4 is 16.0 Å². The Balaban J connectivity index is 2.58. The molecule has 1 rings (SSSR count). The smallest absolute Gasteiger partial charge is 0.306 e. The number of nitrogens with zero attached hydrogens (tertiary/aromatic N) is 2. The van der Waals surface area contributed by atoms with Crippen molar-refractivity contribution in [2.75, 3.05) is 26.0 Å². The Morgan fingerprint density at radius 1 is 1.59 bits per heavy atom. The van der Waals surface area contributed by atoms with Gasteiger partial charge in [-0.1, -0.05) is 0 Å². The molecule has 7 heteroatoms. The van der Waals surface area contributed by atoms with Crippen LogP contribution < -0.4 is 0 Å². The maximum atomic E-state index is 11.9. The maximum Gasteiger partial charge on any atom is 0.306 e. The first-order chi connectivity index (χ1) is 7.99. The molecule has 17 heavy (non-hydrogen) atoms. The van der Waals surface area contributed by atoms with Crippen LogP contribution in [0.15, 0.2) is 0 Å². The largest absolute Gasteiger partial charge is 0.469 e. The molecule has 96 valence electrons. The lowest BCUT2D eigenvalue weighted by molar-refractivity contribution is -0.140. The Hall–Kier alpha value is -1.13. The van der Waals surface area contributed by atoms with Crippen LogP contribution in [-0.2, 0) is 19.6 Å². The first-order valence-electron chi connectivity index (χ1n) is 5.44. The quantitative estimate of drug-likeness (QED) is 0.670. The number of nitriles is 1. The van der Waals surface area contributed by atoms with Crippen LogP contribution in [0.5, 0.6) is 0 Å². The van der Waals surface area contributed by atoms with E-state index in [2.05, 4.69) is 10.8 Å². The van der Waals surface area contributed by atoms with Gasteiger partial charge < -0.3 is 4.74 Å². The fourth-order valence-corrected chi connectivity index (χ4v) is 3.24. The topological polar surface area (TPSA) is 87.5 Å². The van der Waals surface area contributed by atoms with Gasteiger partial charge in [0.15, 0.2) is 0 Å². The average molecular weight is 260 g/mol. The number of ether oxygens (including phenoxy) is 1. The average Bonchev–Trinajstić information content (AvgIpc) is 2.36. The molecule has 1 heterocycles. The van der Waals surface area contributed by atoms with E-state index < -0.39 is 16.0 Å². The Morgan fingerprint density at radius 2 is 2.29 bits per heavy atom. The third kappa shape index (κ3) is 3.98. The Bertz CT molecular complexity index is 413. The predicted molar refractivity (Wildman–Crippen MR) is 60.3 cm³/mol. The van der Waals surface area contributed by atoms with Gasteiger partial charge in [-0.2, -0.15) is 5.26 Å². The van der Waals surface area contributed by atoms with E-state index in [0.29, 0.717) is 13.0 Å². The van der Waals surface area contributed by atoms with Gasteiger partial charge in [-0.15, -0.1) is 0 Å². The first-order valence-corrected chi connectivity index (χ1v) is 7.05. The molecule has 1 unspecified atom stereocenters. The van der Waals surface area contributed by atoms with Crippen LogP contribution in [0, 0.1) is 17.2 Å². The second-order valence-electron chi connectivity index (χ2n) is 3.97. The molecule has 0 saturated carbocycles. The van der Waals surface area contributed by atoms with Crippen LogP contribution >= 0.6 is 0 Å². The van der Waals surface area contributed by atoms with Gasteiger partial charge in [-0.3, -0.25) is 4.79 Å². The van der Waals surface area contributed by atoms with E-state index in [1.54, 1.807) is 0 Å². The van der Waals surface area contributed by atoms with Gasteiger partial charge in [-0.25, -0.2) is 12.7 Å². The Labute approximate surface area is 101 Å². The second-order valence-corrected chi connectivity index (χ2v) is 6.06. The summed E-state index contributed by atoms with van der Waals surface area (Å²) in [5, 5.41) is 8.79. The van der Waals surface area contributed by atoms with Gasteiger partial charge in [-0.05, 0) is 12.8 Å². The third-order valence-corrected chi connectivity index (χ3v) is 4.59. The monoisotopic (exact) mass is 260 g/mol. The lowest BCUT2D eigenvalue weighted by Crippen LogP contribution is -2.41. The molecule has 0 bridgehead atoms. The van der Waals surface area contributed by atoms with E-state index in [1.165, 1.54) is 11.4 Å². The fourth-order valence-electron chi connectivity index (χ4n) is 1.74. The fraction of sp³-hybridized carbons (Fsp3) is 0.800. The highest BCUT2D eigenvalue weighted by Crippen LogP contribution is 2.19. The number of methoxy groups -OCH3 is 1. The number of piperidine rings is 1. The minimum Gasteiger partial charge on any atom is -0.469 e. The third-order valence-electron chi connectivity index (χ3n) is 2.75. The highest BCUT2D eigenvalue weighted by molar-refractivity contribution is 7.89. The van der Waals surface area contributed by atoms with E-state index in [9.17, 15) is 13.2 Å². The summed E-state index contributed by atoms with van der Waals surface area (Å²) in [7, 11) is -2.23. The van der Waals surface area contributed by atoms with Crippen molar-refractivity contribution in [1.82, 2.24) is 4.31 Å². The zero-order chi connectivity index (χ0) is 12.9. The van der Waals surface area contributed by atoms with Gasteiger partial charge in [0.1, 0.15) is 0 Å². The number of carbonyl (C=O) groups excluding carboxylic acids is 1. The zero-order valence-corrected chi connectivity index (χ0v) is 10.6. The van der Waals surface area contributed by atoms with Crippen molar-refractivity contribution in [3.05, 3.63) is 0 Å². The van der Waals surface area contributed by atoms with Crippen LogP contribution in [0.1, 0.15) is 19.3 Å². The summed E-state index contributed by atoms with van der Waals surface area (Å²) < 4.78 is 29.5. The second kappa shape index (κ2) is 5.98. The first kappa shape index (κ1) is 13.9. The van der Waals surface area contributed by atoms with Crippen LogP contribution in [0.3, 0.4) is 0 Å². The van der Waals surface area contributed by atoms with Crippen LogP contribution in [0.25, 0.3) is 0 Å². The van der Waals surface area contributed by atoms with E-state index in [-0.39, 0.29) is 24.6 Å². The summed E-state index contributed by atoms with van der Waals surface area (Å²) in [4.78, 5) is 10.9. The Kier molecular flexibility index (Phi) is 4.90. The minimum atomic E-state index is -3.45. The van der Waals surface area contributed by atoms with E-state index in [0.717, 1.165) is 6.42 Å². The van der Waals surface area contributed by atoms with Crippen molar-refractivity contribution in [1.29, 1.82) is 5.26 Å². The summed E-state index contributed by atoms with van der Waals surface area (Å²) in [5.41, 5.74) is 0. The molecule has 0 aromatic rings. The maximum absolute atomic E-state index is 11.9. The SMILES string of the molecule is COC(=O)CCS(=O)(=O)N1CCCC(C#N)C1. The summed E-state index contributed by atoms with van der Waals surface area (Å²) in [6.45, 7) is 0.668. The van der Waals surface area contributed by atoms with Crippen LogP contribution in [-0.4, -0.2) is 44.6 Å². The summed E-state index contributed by atoms with van der Waals surface area (Å²) >= 11 is 0. The lowest BCUT2D eigenvalue weighted by Gasteiger charge is -2.28. The molecule has 0 aromatic heterocycles. The van der Waals surface area contributed by atoms with Crippen molar-refractivity contribution < 1.29 is 17.9 Å². The molecule has 0 aliphatic carbocycles. The summed E-state index contributed by atoms with van der Waals surface area (Å²) in [5.74, 6) is -1.03. The van der Waals surface area contributed by atoms with Gasteiger partial charge >= 0.3 is 5.97 Å². The molecule has 0 N–H and O–H groups in total. The van der Waals surface area contributed by atoms with Crippen LogP contribution in [0.2, 0.25) is 0 Å². The number of hydrogen-bond acceptors (Lipinski definition) is 5. The normalized spacial score (nSPS) is 21.8. The highest BCUT2D eigenvalue weighted by atomic mass is 32.2. The lowest BCUT2D eigenvalue weighted by atomic mass is 10.0. The molecule has 1 aliphatic heterocycles. The van der Waals surface area contributed by atoms with Gasteiger partial charge in [0.05, 0.1) is 31.3 Å². The van der Waals surface area contributed by atoms with E-state index in [1.807, 2.05) is 0 Å². The zero-order valence-electron chi connectivity index (χ0n) is 9.76. The molecule has 0 spiro atoms. The molecule has 6 nitrogen and oxygen atoms in total. The van der Waals surface area contributed by atoms with E-state index >= 15 is 0 Å². The molecule has 1 atom stereocenters. The molecular formula is C10H16N2O4S. The molecule has 0 amide bonds. The number of rotatable bonds is 4. The minimum absolute atomic E-state index is 0.146. The number of carbonyl (C=O) groups is 1. The molecule has 1 fully saturated rings. The van der Waals surface area contributed by atoms with Crippen molar-refractivity contribution in [2.24, 2.45) is 5.92 Å². The molecule has 0 aromatic carbocycles. The van der Waals surface area contributed by atoms with Crippen LogP contribution in [0.4, 0.5) is 0 Å². The Morgan fingerprint density at radius 3 is 2.88 bits per heavy atom. The van der Waals surface area contributed by atoms with Crippen molar-refractivity contribution in [2.45, 2.75) is 19.3 Å². The van der Waals surface area contributed by atoms with Gasteiger partial charge in [0, 0.05) is 13.1 Å². The summed E-state index contributed by atoms with van der Waals surface area (Å²) in [6, 6.07) is 2.08.